The maximum absolute atomic E-state index is 13.1. The Morgan fingerprint density at radius 2 is 1.75 bits per heavy atom. The molecule has 0 bridgehead atoms. The van der Waals surface area contributed by atoms with E-state index in [-0.39, 0.29) is 24.7 Å². The highest BCUT2D eigenvalue weighted by Crippen LogP contribution is 2.27. The minimum absolute atomic E-state index is 0.0825. The van der Waals surface area contributed by atoms with Crippen LogP contribution in [-0.4, -0.2) is 18.1 Å². The van der Waals surface area contributed by atoms with Crippen LogP contribution in [0.25, 0.3) is 0 Å². The molecule has 0 atom stereocenters. The Morgan fingerprint density at radius 3 is 2.45 bits per heavy atom. The third-order valence-electron chi connectivity index (χ3n) is 2.47. The van der Waals surface area contributed by atoms with Crippen molar-refractivity contribution in [3.8, 4) is 11.5 Å². The van der Waals surface area contributed by atoms with Gasteiger partial charge in [-0.1, -0.05) is 18.2 Å². The minimum Gasteiger partial charge on any atom is -0.490 e. The predicted octanol–water partition coefficient (Wildman–Crippen LogP) is 3.19. The first kappa shape index (κ1) is 13.8. The van der Waals surface area contributed by atoms with Gasteiger partial charge in [0.1, 0.15) is 24.8 Å². The third kappa shape index (κ3) is 3.68. The molecule has 0 heterocycles. The molecule has 0 aliphatic carbocycles. The number of benzene rings is 2. The Hall–Kier alpha value is -2.63. The Labute approximate surface area is 114 Å². The number of nitro groups is 1. The quantitative estimate of drug-likeness (QED) is 0.462. The molecular weight excluding hydrogens is 265 g/mol. The van der Waals surface area contributed by atoms with Crippen LogP contribution in [0.5, 0.6) is 11.5 Å². The van der Waals surface area contributed by atoms with Crippen LogP contribution in [0.15, 0.2) is 48.5 Å². The molecule has 104 valence electrons. The molecule has 0 N–H and O–H groups in total. The molecule has 2 rings (SSSR count). The van der Waals surface area contributed by atoms with Crippen LogP contribution in [0.3, 0.4) is 0 Å². The summed E-state index contributed by atoms with van der Waals surface area (Å²) in [6.07, 6.45) is 0. The lowest BCUT2D eigenvalue weighted by atomic mass is 10.3. The van der Waals surface area contributed by atoms with Crippen LogP contribution >= 0.6 is 0 Å². The fraction of sp³-hybridized carbons (Fsp3) is 0.143. The van der Waals surface area contributed by atoms with Crippen molar-refractivity contribution >= 4 is 5.69 Å². The SMILES string of the molecule is O=[N+]([O-])c1ccc(F)cc1OCCOc1ccccc1. The molecule has 6 heteroatoms. The number of hydrogen-bond acceptors (Lipinski definition) is 4. The molecule has 0 amide bonds. The van der Waals surface area contributed by atoms with E-state index < -0.39 is 10.7 Å². The van der Waals surface area contributed by atoms with Gasteiger partial charge in [0.05, 0.1) is 4.92 Å². The van der Waals surface area contributed by atoms with Gasteiger partial charge in [-0.15, -0.1) is 0 Å². The number of nitro benzene ring substituents is 1. The van der Waals surface area contributed by atoms with Crippen molar-refractivity contribution in [2.75, 3.05) is 13.2 Å². The van der Waals surface area contributed by atoms with E-state index in [2.05, 4.69) is 0 Å². The topological polar surface area (TPSA) is 61.6 Å². The van der Waals surface area contributed by atoms with Crippen molar-refractivity contribution in [2.45, 2.75) is 0 Å². The summed E-state index contributed by atoms with van der Waals surface area (Å²) in [5.74, 6) is -0.0221. The molecule has 20 heavy (non-hydrogen) atoms. The van der Waals surface area contributed by atoms with Crippen molar-refractivity contribution < 1.29 is 18.8 Å². The van der Waals surface area contributed by atoms with E-state index in [0.29, 0.717) is 5.75 Å². The van der Waals surface area contributed by atoms with Gasteiger partial charge in [0.15, 0.2) is 5.75 Å². The van der Waals surface area contributed by atoms with Crippen LogP contribution in [0.4, 0.5) is 10.1 Å². The minimum atomic E-state index is -0.618. The van der Waals surface area contributed by atoms with Gasteiger partial charge >= 0.3 is 5.69 Å². The average Bonchev–Trinajstić information content (AvgIpc) is 2.44. The molecule has 0 spiro atoms. The molecule has 0 saturated carbocycles. The van der Waals surface area contributed by atoms with Crippen LogP contribution in [-0.2, 0) is 0 Å². The smallest absolute Gasteiger partial charge is 0.311 e. The molecule has 0 aromatic heterocycles. The van der Waals surface area contributed by atoms with Crippen molar-refractivity contribution in [1.29, 1.82) is 0 Å². The third-order valence-corrected chi connectivity index (χ3v) is 2.47. The zero-order valence-electron chi connectivity index (χ0n) is 10.5. The van der Waals surface area contributed by atoms with Crippen LogP contribution in [0.1, 0.15) is 0 Å². The Kier molecular flexibility index (Phi) is 4.49. The maximum Gasteiger partial charge on any atom is 0.311 e. The molecule has 0 saturated heterocycles. The second-order valence-corrected chi connectivity index (χ2v) is 3.88. The number of rotatable bonds is 6. The van der Waals surface area contributed by atoms with Crippen LogP contribution < -0.4 is 9.47 Å². The fourth-order valence-corrected chi connectivity index (χ4v) is 1.58. The summed E-state index contributed by atoms with van der Waals surface area (Å²) in [5, 5.41) is 10.8. The number of ether oxygens (including phenoxy) is 2. The van der Waals surface area contributed by atoms with Crippen molar-refractivity contribution in [3.63, 3.8) is 0 Å². The van der Waals surface area contributed by atoms with Crippen LogP contribution in [0.2, 0.25) is 0 Å². The summed E-state index contributed by atoms with van der Waals surface area (Å²) in [4.78, 5) is 10.1. The van der Waals surface area contributed by atoms with Gasteiger partial charge in [-0.05, 0) is 18.2 Å². The monoisotopic (exact) mass is 277 g/mol. The second kappa shape index (κ2) is 6.51. The zero-order chi connectivity index (χ0) is 14.4. The van der Waals surface area contributed by atoms with Gasteiger partial charge in [-0.25, -0.2) is 4.39 Å². The summed E-state index contributed by atoms with van der Waals surface area (Å²) in [7, 11) is 0. The number of hydrogen-bond donors (Lipinski definition) is 0. The number of halogens is 1. The number of para-hydroxylation sites is 1. The standard InChI is InChI=1S/C14H12FNO4/c15-11-6-7-13(16(17)18)14(10-11)20-9-8-19-12-4-2-1-3-5-12/h1-7,10H,8-9H2. The summed E-state index contributed by atoms with van der Waals surface area (Å²) in [6.45, 7) is 0.289. The molecule has 0 fully saturated rings. The molecule has 0 aliphatic heterocycles. The number of nitrogens with zero attached hydrogens (tertiary/aromatic N) is 1. The zero-order valence-corrected chi connectivity index (χ0v) is 10.5. The second-order valence-electron chi connectivity index (χ2n) is 3.88. The summed E-state index contributed by atoms with van der Waals surface area (Å²) in [6, 6.07) is 12.2. The van der Waals surface area contributed by atoms with Gasteiger partial charge in [0, 0.05) is 12.1 Å². The highest BCUT2D eigenvalue weighted by Gasteiger charge is 2.15. The van der Waals surface area contributed by atoms with Crippen molar-refractivity contribution in [3.05, 3.63) is 64.5 Å². The van der Waals surface area contributed by atoms with Crippen molar-refractivity contribution in [2.24, 2.45) is 0 Å². The highest BCUT2D eigenvalue weighted by molar-refractivity contribution is 5.46. The van der Waals surface area contributed by atoms with Crippen molar-refractivity contribution in [1.82, 2.24) is 0 Å². The van der Waals surface area contributed by atoms with E-state index >= 15 is 0 Å². The fourth-order valence-electron chi connectivity index (χ4n) is 1.58. The first-order chi connectivity index (χ1) is 9.66. The van der Waals surface area contributed by atoms with Crippen LogP contribution in [0, 0.1) is 15.9 Å². The van der Waals surface area contributed by atoms with Gasteiger partial charge in [-0.3, -0.25) is 10.1 Å². The highest BCUT2D eigenvalue weighted by atomic mass is 19.1. The van der Waals surface area contributed by atoms with Gasteiger partial charge in [0.2, 0.25) is 0 Å². The Morgan fingerprint density at radius 1 is 1.05 bits per heavy atom. The molecule has 0 radical (unpaired) electrons. The molecular formula is C14H12FNO4. The average molecular weight is 277 g/mol. The molecule has 5 nitrogen and oxygen atoms in total. The van der Waals surface area contributed by atoms with E-state index in [1.54, 1.807) is 12.1 Å². The first-order valence-corrected chi connectivity index (χ1v) is 5.91. The Balaban J connectivity index is 1.91. The molecule has 0 unspecified atom stereocenters. The van der Waals surface area contributed by atoms with E-state index in [4.69, 9.17) is 9.47 Å². The molecule has 2 aromatic carbocycles. The first-order valence-electron chi connectivity index (χ1n) is 5.91. The predicted molar refractivity (Wildman–Crippen MR) is 70.5 cm³/mol. The maximum atomic E-state index is 13.1. The van der Waals surface area contributed by atoms with E-state index in [1.165, 1.54) is 0 Å². The molecule has 2 aromatic rings. The normalized spacial score (nSPS) is 10.1. The van der Waals surface area contributed by atoms with Gasteiger partial charge < -0.3 is 9.47 Å². The lowest BCUT2D eigenvalue weighted by molar-refractivity contribution is -0.385. The summed E-state index contributed by atoms with van der Waals surface area (Å²) < 4.78 is 23.6. The van der Waals surface area contributed by atoms with Gasteiger partial charge in [0.25, 0.3) is 0 Å². The molecule has 0 aliphatic rings. The van der Waals surface area contributed by atoms with Gasteiger partial charge in [-0.2, -0.15) is 0 Å². The lowest BCUT2D eigenvalue weighted by Gasteiger charge is -2.08. The lowest BCUT2D eigenvalue weighted by Crippen LogP contribution is -2.10. The van der Waals surface area contributed by atoms with E-state index in [9.17, 15) is 14.5 Å². The Bertz CT molecular complexity index is 589. The van der Waals surface area contributed by atoms with E-state index in [0.717, 1.165) is 18.2 Å². The summed E-state index contributed by atoms with van der Waals surface area (Å²) >= 11 is 0. The largest absolute Gasteiger partial charge is 0.490 e. The summed E-state index contributed by atoms with van der Waals surface area (Å²) in [5.41, 5.74) is -0.272. The van der Waals surface area contributed by atoms with E-state index in [1.807, 2.05) is 18.2 Å².